The van der Waals surface area contributed by atoms with Crippen molar-refractivity contribution in [3.63, 3.8) is 0 Å². The molecule has 1 unspecified atom stereocenters. The normalized spacial score (nSPS) is 22.4. The number of ketones is 1. The van der Waals surface area contributed by atoms with E-state index in [0.717, 1.165) is 16.7 Å². The lowest BCUT2D eigenvalue weighted by molar-refractivity contribution is -0.117. The summed E-state index contributed by atoms with van der Waals surface area (Å²) in [5.41, 5.74) is 1.84. The Morgan fingerprint density at radius 2 is 1.50 bits per heavy atom. The summed E-state index contributed by atoms with van der Waals surface area (Å²) in [4.78, 5) is 12.1. The molecule has 0 heterocycles. The van der Waals surface area contributed by atoms with Crippen molar-refractivity contribution in [2.45, 2.75) is 18.9 Å². The fraction of sp³-hybridized carbons (Fsp3) is 0.167. The quantitative estimate of drug-likeness (QED) is 0.903. The number of carbonyl (C=O) groups is 1. The number of rotatable bonds is 2. The van der Waals surface area contributed by atoms with Crippen LogP contribution >= 0.6 is 0 Å². The molecule has 2 heteroatoms. The number of Topliss-reactive ketones (excluding diaryl/α,β-unsaturated/α-hetero) is 1. The molecule has 0 bridgehead atoms. The van der Waals surface area contributed by atoms with Crippen molar-refractivity contribution in [3.8, 4) is 0 Å². The summed E-state index contributed by atoms with van der Waals surface area (Å²) >= 11 is 0. The molecule has 1 atom stereocenters. The van der Waals surface area contributed by atoms with Crippen molar-refractivity contribution < 1.29 is 9.90 Å². The van der Waals surface area contributed by atoms with Crippen LogP contribution in [0.5, 0.6) is 0 Å². The molecule has 0 fully saturated rings. The topological polar surface area (TPSA) is 37.3 Å². The van der Waals surface area contributed by atoms with E-state index in [0.29, 0.717) is 5.57 Å². The van der Waals surface area contributed by atoms with E-state index in [1.807, 2.05) is 60.7 Å². The Morgan fingerprint density at radius 1 is 0.950 bits per heavy atom. The fourth-order valence-electron chi connectivity index (χ4n) is 2.92. The van der Waals surface area contributed by atoms with Crippen LogP contribution in [-0.4, -0.2) is 10.9 Å². The molecule has 1 N–H and O–H groups in total. The maximum atomic E-state index is 12.1. The summed E-state index contributed by atoms with van der Waals surface area (Å²) < 4.78 is 0. The van der Waals surface area contributed by atoms with Crippen LogP contribution in [0, 0.1) is 0 Å². The third-order valence-corrected chi connectivity index (χ3v) is 3.94. The summed E-state index contributed by atoms with van der Waals surface area (Å²) in [5, 5.41) is 11.1. The molecule has 1 aliphatic carbocycles. The first kappa shape index (κ1) is 12.8. The summed E-state index contributed by atoms with van der Waals surface area (Å²) in [6, 6.07) is 19.1. The van der Waals surface area contributed by atoms with Gasteiger partial charge in [0, 0.05) is 12.0 Å². The van der Waals surface area contributed by atoms with Crippen LogP contribution in [0.15, 0.2) is 66.2 Å². The minimum Gasteiger partial charge on any atom is -0.380 e. The lowest BCUT2D eigenvalue weighted by atomic mass is 9.83. The first-order chi connectivity index (χ1) is 9.63. The second kappa shape index (κ2) is 4.73. The Bertz CT molecular complexity index is 671. The van der Waals surface area contributed by atoms with Gasteiger partial charge < -0.3 is 5.11 Å². The second-order valence-corrected chi connectivity index (χ2v) is 5.19. The Balaban J connectivity index is 2.20. The highest BCUT2D eigenvalue weighted by atomic mass is 16.3. The Morgan fingerprint density at radius 3 is 2.10 bits per heavy atom. The molecule has 0 aliphatic heterocycles. The fourth-order valence-corrected chi connectivity index (χ4v) is 2.92. The van der Waals surface area contributed by atoms with E-state index in [1.54, 1.807) is 6.92 Å². The van der Waals surface area contributed by atoms with Gasteiger partial charge in [0.25, 0.3) is 0 Å². The van der Waals surface area contributed by atoms with E-state index in [2.05, 4.69) is 0 Å². The van der Waals surface area contributed by atoms with Gasteiger partial charge in [0.15, 0.2) is 5.78 Å². The van der Waals surface area contributed by atoms with Crippen molar-refractivity contribution in [1.82, 2.24) is 0 Å². The summed E-state index contributed by atoms with van der Waals surface area (Å²) in [7, 11) is 0. The van der Waals surface area contributed by atoms with Gasteiger partial charge in [-0.3, -0.25) is 4.79 Å². The first-order valence-electron chi connectivity index (χ1n) is 6.71. The smallest absolute Gasteiger partial charge is 0.162 e. The van der Waals surface area contributed by atoms with E-state index in [9.17, 15) is 9.90 Å². The molecule has 2 aromatic carbocycles. The molecule has 0 aromatic heterocycles. The van der Waals surface area contributed by atoms with Crippen LogP contribution in [0.1, 0.15) is 24.5 Å². The maximum Gasteiger partial charge on any atom is 0.162 e. The number of hydrogen-bond donors (Lipinski definition) is 1. The van der Waals surface area contributed by atoms with E-state index >= 15 is 0 Å². The molecular weight excluding hydrogens is 248 g/mol. The predicted molar refractivity (Wildman–Crippen MR) is 79.0 cm³/mol. The molecular formula is C18H16O2. The van der Waals surface area contributed by atoms with Gasteiger partial charge in [-0.2, -0.15) is 0 Å². The molecule has 0 amide bonds. The van der Waals surface area contributed by atoms with Gasteiger partial charge in [-0.05, 0) is 23.6 Å². The highest BCUT2D eigenvalue weighted by Crippen LogP contribution is 2.46. The standard InChI is InChI=1S/C18H16O2/c1-13-16(19)12-18(20,15-10-6-3-7-11-15)17(13)14-8-4-2-5-9-14/h2-11,20H,12H2,1H3. The molecule has 2 nitrogen and oxygen atoms in total. The number of hydrogen-bond acceptors (Lipinski definition) is 2. The van der Waals surface area contributed by atoms with Crippen molar-refractivity contribution in [2.24, 2.45) is 0 Å². The zero-order chi connectivity index (χ0) is 14.2. The minimum absolute atomic E-state index is 0.00945. The minimum atomic E-state index is -1.22. The van der Waals surface area contributed by atoms with E-state index in [1.165, 1.54) is 0 Å². The van der Waals surface area contributed by atoms with Crippen molar-refractivity contribution in [3.05, 3.63) is 77.4 Å². The molecule has 3 rings (SSSR count). The monoisotopic (exact) mass is 264 g/mol. The van der Waals surface area contributed by atoms with Crippen molar-refractivity contribution >= 4 is 11.4 Å². The van der Waals surface area contributed by atoms with Crippen LogP contribution in [-0.2, 0) is 10.4 Å². The molecule has 0 saturated carbocycles. The molecule has 100 valence electrons. The van der Waals surface area contributed by atoms with Gasteiger partial charge in [0.1, 0.15) is 5.60 Å². The highest BCUT2D eigenvalue weighted by Gasteiger charge is 2.44. The number of aliphatic hydroxyl groups is 1. The van der Waals surface area contributed by atoms with Crippen molar-refractivity contribution in [2.75, 3.05) is 0 Å². The van der Waals surface area contributed by atoms with Crippen LogP contribution in [0.2, 0.25) is 0 Å². The van der Waals surface area contributed by atoms with Crippen molar-refractivity contribution in [1.29, 1.82) is 0 Å². The average molecular weight is 264 g/mol. The molecule has 0 spiro atoms. The Kier molecular flexibility index (Phi) is 3.03. The molecule has 0 radical (unpaired) electrons. The number of allylic oxidation sites excluding steroid dienone is 1. The molecule has 20 heavy (non-hydrogen) atoms. The maximum absolute atomic E-state index is 12.1. The Labute approximate surface area is 118 Å². The molecule has 2 aromatic rings. The summed E-state index contributed by atoms with van der Waals surface area (Å²) in [6.45, 7) is 1.80. The predicted octanol–water partition coefficient (Wildman–Crippen LogP) is 3.32. The van der Waals surface area contributed by atoms with Crippen LogP contribution in [0.25, 0.3) is 5.57 Å². The first-order valence-corrected chi connectivity index (χ1v) is 6.71. The zero-order valence-electron chi connectivity index (χ0n) is 11.3. The number of carbonyl (C=O) groups excluding carboxylic acids is 1. The number of benzene rings is 2. The lowest BCUT2D eigenvalue weighted by Gasteiger charge is -2.27. The summed E-state index contributed by atoms with van der Waals surface area (Å²) in [6.07, 6.45) is 0.118. The van der Waals surface area contributed by atoms with Crippen LogP contribution in [0.4, 0.5) is 0 Å². The van der Waals surface area contributed by atoms with Crippen LogP contribution < -0.4 is 0 Å². The third kappa shape index (κ3) is 1.89. The van der Waals surface area contributed by atoms with Gasteiger partial charge in [-0.1, -0.05) is 60.7 Å². The van der Waals surface area contributed by atoms with Gasteiger partial charge in [-0.15, -0.1) is 0 Å². The Hall–Kier alpha value is -2.19. The third-order valence-electron chi connectivity index (χ3n) is 3.94. The second-order valence-electron chi connectivity index (χ2n) is 5.19. The molecule has 0 saturated heterocycles. The van der Waals surface area contributed by atoms with Gasteiger partial charge in [0.2, 0.25) is 0 Å². The average Bonchev–Trinajstić information content (AvgIpc) is 2.72. The van der Waals surface area contributed by atoms with E-state index < -0.39 is 5.60 Å². The van der Waals surface area contributed by atoms with Gasteiger partial charge in [-0.25, -0.2) is 0 Å². The largest absolute Gasteiger partial charge is 0.380 e. The van der Waals surface area contributed by atoms with Gasteiger partial charge in [0.05, 0.1) is 0 Å². The SMILES string of the molecule is CC1=C(c2ccccc2)C(O)(c2ccccc2)CC1=O. The molecule has 1 aliphatic rings. The van der Waals surface area contributed by atoms with Gasteiger partial charge >= 0.3 is 0 Å². The van der Waals surface area contributed by atoms with E-state index in [-0.39, 0.29) is 12.2 Å². The lowest BCUT2D eigenvalue weighted by Crippen LogP contribution is -2.25. The van der Waals surface area contributed by atoms with E-state index in [4.69, 9.17) is 0 Å². The zero-order valence-corrected chi connectivity index (χ0v) is 11.3. The summed E-state index contributed by atoms with van der Waals surface area (Å²) in [5.74, 6) is 0.00945. The highest BCUT2D eigenvalue weighted by molar-refractivity contribution is 6.09. The van der Waals surface area contributed by atoms with Crippen LogP contribution in [0.3, 0.4) is 0 Å².